The topological polar surface area (TPSA) is 73.2 Å². The molecule has 1 fully saturated rings. The number of nitrogens with zero attached hydrogens (tertiary/aromatic N) is 2. The molecule has 2 aromatic carbocycles. The lowest BCUT2D eigenvalue weighted by Gasteiger charge is -2.39. The van der Waals surface area contributed by atoms with Gasteiger partial charge in [-0.3, -0.25) is 4.79 Å². The van der Waals surface area contributed by atoms with Crippen LogP contribution in [0.2, 0.25) is 0 Å². The number of aliphatic hydroxyl groups is 2. The lowest BCUT2D eigenvalue weighted by molar-refractivity contribution is -0.134. The summed E-state index contributed by atoms with van der Waals surface area (Å²) in [4.78, 5) is 17.8. The summed E-state index contributed by atoms with van der Waals surface area (Å²) in [6, 6.07) is 14.2. The largest absolute Gasteiger partial charge is 0.493 e. The van der Waals surface area contributed by atoms with Crippen molar-refractivity contribution in [2.24, 2.45) is 5.92 Å². The van der Waals surface area contributed by atoms with Crippen molar-refractivity contribution in [3.63, 3.8) is 0 Å². The first-order valence-electron chi connectivity index (χ1n) is 13.1. The molecule has 7 heteroatoms. The van der Waals surface area contributed by atoms with E-state index in [1.54, 1.807) is 12.1 Å². The van der Waals surface area contributed by atoms with Crippen LogP contribution in [-0.2, 0) is 17.8 Å². The van der Waals surface area contributed by atoms with Crippen LogP contribution >= 0.6 is 0 Å². The van der Waals surface area contributed by atoms with Crippen LogP contribution in [0.5, 0.6) is 5.75 Å². The standard InChI is InChI=1S/C29H41FN2O4/c1-22(2)21-36-28-9-5-23(6-10-28)19-29(35)32(20-24-3-7-25(30)8-4-24)26-11-15-31(16-12-26)17-13-27(34)14-18-33/h3-10,22,26-27,33-34H,11-21H2,1-2H3/t27-/m0/s1. The number of hydrogen-bond donors (Lipinski definition) is 2. The molecule has 1 heterocycles. The fraction of sp³-hybridized carbons (Fsp3) is 0.552. The average molecular weight is 501 g/mol. The van der Waals surface area contributed by atoms with Crippen molar-refractivity contribution in [3.8, 4) is 5.75 Å². The number of piperidine rings is 1. The number of ether oxygens (including phenoxy) is 1. The molecule has 0 spiro atoms. The second-order valence-electron chi connectivity index (χ2n) is 10.2. The number of rotatable bonds is 13. The second-order valence-corrected chi connectivity index (χ2v) is 10.2. The Balaban J connectivity index is 1.62. The number of carbonyl (C=O) groups is 1. The van der Waals surface area contributed by atoms with E-state index in [4.69, 9.17) is 9.84 Å². The van der Waals surface area contributed by atoms with Crippen LogP contribution in [0.4, 0.5) is 4.39 Å². The highest BCUT2D eigenvalue weighted by molar-refractivity contribution is 5.79. The Morgan fingerprint density at radius 2 is 1.69 bits per heavy atom. The van der Waals surface area contributed by atoms with Gasteiger partial charge >= 0.3 is 0 Å². The Morgan fingerprint density at radius 1 is 1.06 bits per heavy atom. The van der Waals surface area contributed by atoms with Gasteiger partial charge in [0.05, 0.1) is 19.1 Å². The van der Waals surface area contributed by atoms with Crippen LogP contribution in [0, 0.1) is 11.7 Å². The predicted octanol–water partition coefficient (Wildman–Crippen LogP) is 4.03. The lowest BCUT2D eigenvalue weighted by Crippen LogP contribution is -2.48. The van der Waals surface area contributed by atoms with Crippen molar-refractivity contribution < 1.29 is 24.1 Å². The number of halogens is 1. The predicted molar refractivity (Wildman–Crippen MR) is 139 cm³/mol. The first-order valence-corrected chi connectivity index (χ1v) is 13.1. The molecule has 1 atom stereocenters. The summed E-state index contributed by atoms with van der Waals surface area (Å²) in [6.45, 7) is 7.80. The molecular formula is C29H41FN2O4. The van der Waals surface area contributed by atoms with Crippen LogP contribution in [0.15, 0.2) is 48.5 Å². The van der Waals surface area contributed by atoms with Gasteiger partial charge in [0.1, 0.15) is 11.6 Å². The zero-order valence-electron chi connectivity index (χ0n) is 21.6. The molecule has 0 unspecified atom stereocenters. The molecular weight excluding hydrogens is 459 g/mol. The van der Waals surface area contributed by atoms with Crippen molar-refractivity contribution in [3.05, 3.63) is 65.5 Å². The highest BCUT2D eigenvalue weighted by Crippen LogP contribution is 2.22. The van der Waals surface area contributed by atoms with E-state index in [0.717, 1.165) is 49.4 Å². The molecule has 1 amide bonds. The van der Waals surface area contributed by atoms with Gasteiger partial charge < -0.3 is 24.7 Å². The quantitative estimate of drug-likeness (QED) is 0.435. The van der Waals surface area contributed by atoms with Crippen molar-refractivity contribution in [1.29, 1.82) is 0 Å². The summed E-state index contributed by atoms with van der Waals surface area (Å²) in [7, 11) is 0. The maximum atomic E-state index is 13.5. The molecule has 1 aliphatic rings. The minimum absolute atomic E-state index is 0.00259. The average Bonchev–Trinajstić information content (AvgIpc) is 2.87. The Labute approximate surface area is 214 Å². The van der Waals surface area contributed by atoms with E-state index in [1.807, 2.05) is 29.2 Å². The van der Waals surface area contributed by atoms with Gasteiger partial charge in [0, 0.05) is 38.8 Å². The third kappa shape index (κ3) is 9.19. The molecule has 0 saturated carbocycles. The molecule has 36 heavy (non-hydrogen) atoms. The molecule has 6 nitrogen and oxygen atoms in total. The first kappa shape index (κ1) is 28.1. The van der Waals surface area contributed by atoms with Crippen molar-refractivity contribution in [1.82, 2.24) is 9.80 Å². The fourth-order valence-corrected chi connectivity index (χ4v) is 4.53. The number of likely N-dealkylation sites (tertiary alicyclic amines) is 1. The van der Waals surface area contributed by atoms with Crippen molar-refractivity contribution in [2.75, 3.05) is 32.8 Å². The monoisotopic (exact) mass is 500 g/mol. The molecule has 2 aromatic rings. The van der Waals surface area contributed by atoms with Crippen LogP contribution in [0.1, 0.15) is 50.7 Å². The van der Waals surface area contributed by atoms with Gasteiger partial charge in [-0.2, -0.15) is 0 Å². The molecule has 0 radical (unpaired) electrons. The molecule has 1 aliphatic heterocycles. The number of hydrogen-bond acceptors (Lipinski definition) is 5. The van der Waals surface area contributed by atoms with Crippen LogP contribution < -0.4 is 4.74 Å². The summed E-state index contributed by atoms with van der Waals surface area (Å²) in [6.07, 6.45) is 2.57. The Bertz CT molecular complexity index is 912. The van der Waals surface area contributed by atoms with Crippen LogP contribution in [0.25, 0.3) is 0 Å². The lowest BCUT2D eigenvalue weighted by atomic mass is 10.00. The molecule has 198 valence electrons. The van der Waals surface area contributed by atoms with E-state index >= 15 is 0 Å². The highest BCUT2D eigenvalue weighted by atomic mass is 19.1. The summed E-state index contributed by atoms with van der Waals surface area (Å²) in [5.74, 6) is 1.03. The van der Waals surface area contributed by atoms with Crippen LogP contribution in [-0.4, -0.2) is 70.9 Å². The molecule has 2 N–H and O–H groups in total. The molecule has 1 saturated heterocycles. The van der Waals surface area contributed by atoms with Gasteiger partial charge in [-0.1, -0.05) is 38.1 Å². The Kier molecular flexibility index (Phi) is 11.2. The van der Waals surface area contributed by atoms with Crippen molar-refractivity contribution >= 4 is 5.91 Å². The van der Waals surface area contributed by atoms with E-state index in [9.17, 15) is 14.3 Å². The van der Waals surface area contributed by atoms with Crippen LogP contribution in [0.3, 0.4) is 0 Å². The third-order valence-electron chi connectivity index (χ3n) is 6.69. The number of benzene rings is 2. The van der Waals surface area contributed by atoms with Gasteiger partial charge in [-0.25, -0.2) is 4.39 Å². The summed E-state index contributed by atoms with van der Waals surface area (Å²) < 4.78 is 19.2. The fourth-order valence-electron chi connectivity index (χ4n) is 4.53. The summed E-state index contributed by atoms with van der Waals surface area (Å²) in [5, 5.41) is 18.9. The van der Waals surface area contributed by atoms with Gasteiger partial charge in [0.2, 0.25) is 5.91 Å². The molecule has 0 aromatic heterocycles. The number of aliphatic hydroxyl groups excluding tert-OH is 2. The Hall–Kier alpha value is -2.48. The maximum absolute atomic E-state index is 13.5. The third-order valence-corrected chi connectivity index (χ3v) is 6.69. The van der Waals surface area contributed by atoms with Gasteiger partial charge in [0.25, 0.3) is 0 Å². The first-order chi connectivity index (χ1) is 17.3. The maximum Gasteiger partial charge on any atom is 0.227 e. The van der Waals surface area contributed by atoms with Gasteiger partial charge in [-0.15, -0.1) is 0 Å². The smallest absolute Gasteiger partial charge is 0.227 e. The minimum atomic E-state index is -0.480. The summed E-state index contributed by atoms with van der Waals surface area (Å²) >= 11 is 0. The molecule has 0 bridgehead atoms. The molecule has 0 aliphatic carbocycles. The SMILES string of the molecule is CC(C)COc1ccc(CC(=O)N(Cc2ccc(F)cc2)C2CCN(CC[C@H](O)CCO)CC2)cc1. The van der Waals surface area contributed by atoms with E-state index < -0.39 is 6.10 Å². The van der Waals surface area contributed by atoms with Gasteiger partial charge in [-0.05, 0) is 67.0 Å². The Morgan fingerprint density at radius 3 is 2.31 bits per heavy atom. The summed E-state index contributed by atoms with van der Waals surface area (Å²) in [5.41, 5.74) is 1.85. The van der Waals surface area contributed by atoms with E-state index in [0.29, 0.717) is 38.3 Å². The van der Waals surface area contributed by atoms with E-state index in [1.165, 1.54) is 12.1 Å². The zero-order valence-corrected chi connectivity index (χ0v) is 21.6. The van der Waals surface area contributed by atoms with Gasteiger partial charge in [0.15, 0.2) is 0 Å². The number of carbonyl (C=O) groups excluding carboxylic acids is 1. The van der Waals surface area contributed by atoms with Crippen molar-refractivity contribution in [2.45, 2.75) is 64.6 Å². The van der Waals surface area contributed by atoms with E-state index in [-0.39, 0.29) is 24.4 Å². The number of amides is 1. The molecule has 3 rings (SSSR count). The highest BCUT2D eigenvalue weighted by Gasteiger charge is 2.28. The second kappa shape index (κ2) is 14.3. The normalized spacial score (nSPS) is 15.7. The minimum Gasteiger partial charge on any atom is -0.493 e. The zero-order chi connectivity index (χ0) is 25.9. The van der Waals surface area contributed by atoms with E-state index in [2.05, 4.69) is 18.7 Å².